The van der Waals surface area contributed by atoms with Gasteiger partial charge in [-0.25, -0.2) is 9.98 Å². The summed E-state index contributed by atoms with van der Waals surface area (Å²) in [5.41, 5.74) is 0. The van der Waals surface area contributed by atoms with Gasteiger partial charge in [-0.1, -0.05) is 53.4 Å². The van der Waals surface area contributed by atoms with Gasteiger partial charge in [0.1, 0.15) is 13.2 Å². The van der Waals surface area contributed by atoms with Gasteiger partial charge in [-0.15, -0.1) is 0 Å². The third-order valence-corrected chi connectivity index (χ3v) is 4.72. The minimum Gasteiger partial charge on any atom is -0.472 e. The number of aliphatic imine (C=N–C) groups is 2. The van der Waals surface area contributed by atoms with E-state index in [1.807, 2.05) is 0 Å². The fourth-order valence-corrected chi connectivity index (χ4v) is 3.16. The first-order valence-electron chi connectivity index (χ1n) is 8.14. The Morgan fingerprint density at radius 3 is 1.45 bits per heavy atom. The first-order chi connectivity index (χ1) is 9.73. The maximum absolute atomic E-state index is 5.72. The fourth-order valence-electron chi connectivity index (χ4n) is 3.16. The van der Waals surface area contributed by atoms with E-state index in [1.165, 1.54) is 0 Å². The Kier molecular flexibility index (Phi) is 5.44. The van der Waals surface area contributed by atoms with Crippen LogP contribution < -0.4 is 0 Å². The van der Waals surface area contributed by atoms with Crippen LogP contribution in [0.2, 0.25) is 0 Å². The molecule has 0 unspecified atom stereocenters. The van der Waals surface area contributed by atoms with Gasteiger partial charge in [0.15, 0.2) is 0 Å². The van der Waals surface area contributed by atoms with Gasteiger partial charge in [0.25, 0.3) is 11.8 Å². The highest BCUT2D eigenvalue weighted by atomic mass is 16.5. The van der Waals surface area contributed by atoms with Crippen LogP contribution in [0.15, 0.2) is 9.98 Å². The summed E-state index contributed by atoms with van der Waals surface area (Å²) in [6.45, 7) is 10.2. The van der Waals surface area contributed by atoms with Crippen LogP contribution in [0.4, 0.5) is 0 Å². The Labute approximate surface area is 122 Å². The van der Waals surface area contributed by atoms with Crippen LogP contribution in [-0.4, -0.2) is 37.1 Å². The third-order valence-electron chi connectivity index (χ3n) is 4.72. The van der Waals surface area contributed by atoms with Crippen molar-refractivity contribution in [2.75, 3.05) is 13.2 Å². The van der Waals surface area contributed by atoms with E-state index in [9.17, 15) is 0 Å². The molecule has 2 rings (SSSR count). The third kappa shape index (κ3) is 3.15. The predicted molar refractivity (Wildman–Crippen MR) is 82.5 cm³/mol. The molecule has 0 saturated carbocycles. The molecule has 0 spiro atoms. The Balaban J connectivity index is 2.02. The van der Waals surface area contributed by atoms with Crippen molar-refractivity contribution in [1.29, 1.82) is 0 Å². The zero-order valence-electron chi connectivity index (χ0n) is 13.3. The molecule has 20 heavy (non-hydrogen) atoms. The summed E-state index contributed by atoms with van der Waals surface area (Å²) in [4.78, 5) is 9.39. The Morgan fingerprint density at radius 1 is 0.800 bits per heavy atom. The molecule has 0 N–H and O–H groups in total. The maximum Gasteiger partial charge on any atom is 0.273 e. The second kappa shape index (κ2) is 7.09. The van der Waals surface area contributed by atoms with Crippen molar-refractivity contribution in [3.8, 4) is 0 Å². The van der Waals surface area contributed by atoms with E-state index in [-0.39, 0.29) is 12.1 Å². The zero-order valence-corrected chi connectivity index (χ0v) is 13.3. The molecule has 0 saturated heterocycles. The van der Waals surface area contributed by atoms with Crippen molar-refractivity contribution in [1.82, 2.24) is 0 Å². The minimum atomic E-state index is 0.276. The normalized spacial score (nSPS) is 25.7. The van der Waals surface area contributed by atoms with Gasteiger partial charge in [-0.3, -0.25) is 0 Å². The predicted octanol–water partition coefficient (Wildman–Crippen LogP) is 3.45. The second-order valence-corrected chi connectivity index (χ2v) is 5.78. The maximum atomic E-state index is 5.72. The van der Waals surface area contributed by atoms with Crippen LogP contribution in [0, 0.1) is 11.8 Å². The lowest BCUT2D eigenvalue weighted by molar-refractivity contribution is 0.256. The lowest BCUT2D eigenvalue weighted by atomic mass is 9.95. The summed E-state index contributed by atoms with van der Waals surface area (Å²) in [7, 11) is 0. The van der Waals surface area contributed by atoms with Crippen LogP contribution in [0.3, 0.4) is 0 Å². The summed E-state index contributed by atoms with van der Waals surface area (Å²) in [6.07, 6.45) is 4.58. The summed E-state index contributed by atoms with van der Waals surface area (Å²) >= 11 is 0. The molecule has 2 aliphatic rings. The quantitative estimate of drug-likeness (QED) is 0.717. The Morgan fingerprint density at radius 2 is 1.15 bits per heavy atom. The van der Waals surface area contributed by atoms with Crippen LogP contribution in [0.25, 0.3) is 0 Å². The van der Waals surface area contributed by atoms with E-state index in [1.54, 1.807) is 0 Å². The molecule has 0 aliphatic carbocycles. The Hall–Kier alpha value is -1.06. The van der Waals surface area contributed by atoms with Gasteiger partial charge < -0.3 is 9.47 Å². The molecular formula is C16H28N2O2. The van der Waals surface area contributed by atoms with Gasteiger partial charge in [0.05, 0.1) is 12.1 Å². The van der Waals surface area contributed by atoms with Gasteiger partial charge in [0.2, 0.25) is 0 Å². The van der Waals surface area contributed by atoms with E-state index in [4.69, 9.17) is 19.5 Å². The molecule has 2 aliphatic heterocycles. The van der Waals surface area contributed by atoms with Gasteiger partial charge in [-0.05, 0) is 11.8 Å². The molecular weight excluding hydrogens is 252 g/mol. The van der Waals surface area contributed by atoms with Crippen molar-refractivity contribution in [2.24, 2.45) is 21.8 Å². The molecule has 0 amide bonds. The lowest BCUT2D eigenvalue weighted by Crippen LogP contribution is -2.18. The van der Waals surface area contributed by atoms with Crippen LogP contribution in [-0.2, 0) is 9.47 Å². The van der Waals surface area contributed by atoms with E-state index < -0.39 is 0 Å². The van der Waals surface area contributed by atoms with Crippen LogP contribution >= 0.6 is 0 Å². The first-order valence-corrected chi connectivity index (χ1v) is 8.14. The lowest BCUT2D eigenvalue weighted by Gasteiger charge is -2.15. The standard InChI is InChI=1S/C16H28N2O2/c1-5-11(6-2)13-9-19-15(17-13)16-18-14(10-20-16)12(7-3)8-4/h11-14H,5-10H2,1-4H3/t13-,14-/m1/s1. The summed E-state index contributed by atoms with van der Waals surface area (Å²) < 4.78 is 11.4. The van der Waals surface area contributed by atoms with Crippen molar-refractivity contribution < 1.29 is 9.47 Å². The van der Waals surface area contributed by atoms with E-state index >= 15 is 0 Å². The molecule has 4 heteroatoms. The molecule has 114 valence electrons. The topological polar surface area (TPSA) is 43.2 Å². The SMILES string of the molecule is CCC(CC)[C@H]1COC(C2=N[C@@H](C(CC)CC)CO2)=N1. The van der Waals surface area contributed by atoms with Crippen molar-refractivity contribution in [2.45, 2.75) is 65.5 Å². The largest absolute Gasteiger partial charge is 0.472 e. The fraction of sp³-hybridized carbons (Fsp3) is 0.875. The van der Waals surface area contributed by atoms with Crippen molar-refractivity contribution in [3.63, 3.8) is 0 Å². The number of nitrogens with zero attached hydrogens (tertiary/aromatic N) is 2. The summed E-state index contributed by atoms with van der Waals surface area (Å²) in [6, 6.07) is 0.553. The summed E-state index contributed by atoms with van der Waals surface area (Å²) in [5, 5.41) is 0. The Bertz CT molecular complexity index is 335. The van der Waals surface area contributed by atoms with Gasteiger partial charge >= 0.3 is 0 Å². The number of hydrogen-bond acceptors (Lipinski definition) is 4. The van der Waals surface area contributed by atoms with Crippen molar-refractivity contribution >= 4 is 11.8 Å². The van der Waals surface area contributed by atoms with Gasteiger partial charge in [-0.2, -0.15) is 0 Å². The molecule has 4 nitrogen and oxygen atoms in total. The van der Waals surface area contributed by atoms with E-state index in [0.29, 0.717) is 36.8 Å². The molecule has 0 fully saturated rings. The van der Waals surface area contributed by atoms with Crippen LogP contribution in [0.1, 0.15) is 53.4 Å². The monoisotopic (exact) mass is 280 g/mol. The number of ether oxygens (including phenoxy) is 2. The highest BCUT2D eigenvalue weighted by molar-refractivity contribution is 6.36. The number of rotatable bonds is 7. The average molecular weight is 280 g/mol. The summed E-state index contributed by atoms with van der Waals surface area (Å²) in [5.74, 6) is 2.47. The van der Waals surface area contributed by atoms with E-state index in [2.05, 4.69) is 27.7 Å². The molecule has 0 bridgehead atoms. The molecule has 0 aromatic carbocycles. The molecule has 2 heterocycles. The molecule has 2 atom stereocenters. The van der Waals surface area contributed by atoms with Crippen LogP contribution in [0.5, 0.6) is 0 Å². The van der Waals surface area contributed by atoms with Crippen molar-refractivity contribution in [3.05, 3.63) is 0 Å². The van der Waals surface area contributed by atoms with Gasteiger partial charge in [0, 0.05) is 0 Å². The smallest absolute Gasteiger partial charge is 0.273 e. The molecule has 0 radical (unpaired) electrons. The zero-order chi connectivity index (χ0) is 14.5. The second-order valence-electron chi connectivity index (χ2n) is 5.78. The minimum absolute atomic E-state index is 0.276. The highest BCUT2D eigenvalue weighted by Gasteiger charge is 2.33. The van der Waals surface area contributed by atoms with E-state index in [0.717, 1.165) is 25.7 Å². The molecule has 0 aromatic rings. The average Bonchev–Trinajstić information content (AvgIpc) is 3.11. The number of hydrogen-bond donors (Lipinski definition) is 0. The first kappa shape index (κ1) is 15.3. The highest BCUT2D eigenvalue weighted by Crippen LogP contribution is 2.24. The molecule has 0 aromatic heterocycles.